The molecule has 1 aliphatic rings. The first-order valence-corrected chi connectivity index (χ1v) is 7.72. The van der Waals surface area contributed by atoms with E-state index in [9.17, 15) is 4.79 Å². The molecule has 104 valence electrons. The number of methoxy groups -OCH3 is 1. The van der Waals surface area contributed by atoms with Crippen molar-refractivity contribution in [1.29, 1.82) is 0 Å². The predicted octanol–water partition coefficient (Wildman–Crippen LogP) is 3.19. The maximum atomic E-state index is 12.1. The third kappa shape index (κ3) is 3.90. The Morgan fingerprint density at radius 3 is 2.53 bits per heavy atom. The van der Waals surface area contributed by atoms with Crippen molar-refractivity contribution in [3.63, 3.8) is 0 Å². The van der Waals surface area contributed by atoms with Crippen molar-refractivity contribution in [2.24, 2.45) is 0 Å². The van der Waals surface area contributed by atoms with E-state index in [2.05, 4.69) is 0 Å². The SMILES string of the molecule is COc1ccc(SCC(=O)N(C)C2CCCC2)cc1. The molecule has 0 spiro atoms. The molecule has 4 heteroatoms. The van der Waals surface area contributed by atoms with Gasteiger partial charge in [-0.2, -0.15) is 0 Å². The van der Waals surface area contributed by atoms with E-state index in [1.54, 1.807) is 18.9 Å². The van der Waals surface area contributed by atoms with E-state index in [1.807, 2.05) is 36.2 Å². The molecule has 0 heterocycles. The highest BCUT2D eigenvalue weighted by atomic mass is 32.2. The van der Waals surface area contributed by atoms with Crippen LogP contribution in [0.25, 0.3) is 0 Å². The van der Waals surface area contributed by atoms with Gasteiger partial charge in [0.15, 0.2) is 0 Å². The van der Waals surface area contributed by atoms with Gasteiger partial charge in [-0.15, -0.1) is 11.8 Å². The number of amides is 1. The number of nitrogens with zero attached hydrogens (tertiary/aromatic N) is 1. The smallest absolute Gasteiger partial charge is 0.232 e. The quantitative estimate of drug-likeness (QED) is 0.775. The molecule has 0 atom stereocenters. The molecule has 1 aromatic rings. The minimum Gasteiger partial charge on any atom is -0.497 e. The second kappa shape index (κ2) is 6.85. The number of benzene rings is 1. The zero-order valence-electron chi connectivity index (χ0n) is 11.6. The molecule has 3 nitrogen and oxygen atoms in total. The zero-order chi connectivity index (χ0) is 13.7. The summed E-state index contributed by atoms with van der Waals surface area (Å²) in [7, 11) is 3.59. The monoisotopic (exact) mass is 279 g/mol. The molecule has 1 amide bonds. The summed E-state index contributed by atoms with van der Waals surface area (Å²) in [4.78, 5) is 15.1. The molecule has 0 N–H and O–H groups in total. The molecule has 0 radical (unpaired) electrons. The number of rotatable bonds is 5. The fourth-order valence-electron chi connectivity index (χ4n) is 2.41. The van der Waals surface area contributed by atoms with E-state index in [1.165, 1.54) is 12.8 Å². The summed E-state index contributed by atoms with van der Waals surface area (Å²) >= 11 is 1.59. The molecule has 0 bridgehead atoms. The van der Waals surface area contributed by atoms with Gasteiger partial charge in [0.1, 0.15) is 5.75 Å². The highest BCUT2D eigenvalue weighted by molar-refractivity contribution is 8.00. The van der Waals surface area contributed by atoms with Gasteiger partial charge in [0.05, 0.1) is 12.9 Å². The molecule has 0 aliphatic heterocycles. The van der Waals surface area contributed by atoms with Gasteiger partial charge in [0.2, 0.25) is 5.91 Å². The Hall–Kier alpha value is -1.16. The van der Waals surface area contributed by atoms with Crippen molar-refractivity contribution in [2.75, 3.05) is 19.9 Å². The lowest BCUT2D eigenvalue weighted by Gasteiger charge is -2.24. The van der Waals surface area contributed by atoms with E-state index in [0.29, 0.717) is 11.8 Å². The van der Waals surface area contributed by atoms with Crippen LogP contribution in [0, 0.1) is 0 Å². The number of thioether (sulfide) groups is 1. The van der Waals surface area contributed by atoms with Crippen LogP contribution in [-0.4, -0.2) is 36.8 Å². The Morgan fingerprint density at radius 2 is 1.95 bits per heavy atom. The number of hydrogen-bond donors (Lipinski definition) is 0. The van der Waals surface area contributed by atoms with Crippen molar-refractivity contribution in [3.8, 4) is 5.75 Å². The maximum absolute atomic E-state index is 12.1. The van der Waals surface area contributed by atoms with Gasteiger partial charge in [0.25, 0.3) is 0 Å². The van der Waals surface area contributed by atoms with E-state index in [-0.39, 0.29) is 5.91 Å². The highest BCUT2D eigenvalue weighted by Gasteiger charge is 2.23. The third-order valence-corrected chi connectivity index (χ3v) is 4.68. The van der Waals surface area contributed by atoms with E-state index in [0.717, 1.165) is 23.5 Å². The predicted molar refractivity (Wildman–Crippen MR) is 78.7 cm³/mol. The summed E-state index contributed by atoms with van der Waals surface area (Å²) < 4.78 is 5.12. The molecule has 1 saturated carbocycles. The molecular weight excluding hydrogens is 258 g/mol. The van der Waals surface area contributed by atoms with E-state index >= 15 is 0 Å². The lowest BCUT2D eigenvalue weighted by atomic mass is 10.2. The minimum absolute atomic E-state index is 0.229. The summed E-state index contributed by atoms with van der Waals surface area (Å²) in [5.41, 5.74) is 0. The molecular formula is C15H21NO2S. The van der Waals surface area contributed by atoms with Gasteiger partial charge >= 0.3 is 0 Å². The first-order chi connectivity index (χ1) is 9.20. The molecule has 1 aromatic carbocycles. The van der Waals surface area contributed by atoms with Crippen LogP contribution in [-0.2, 0) is 4.79 Å². The van der Waals surface area contributed by atoms with Crippen LogP contribution in [0.4, 0.5) is 0 Å². The highest BCUT2D eigenvalue weighted by Crippen LogP contribution is 2.25. The average molecular weight is 279 g/mol. The van der Waals surface area contributed by atoms with Gasteiger partial charge in [-0.05, 0) is 37.1 Å². The maximum Gasteiger partial charge on any atom is 0.232 e. The largest absolute Gasteiger partial charge is 0.497 e. The van der Waals surface area contributed by atoms with Gasteiger partial charge in [0, 0.05) is 18.0 Å². The zero-order valence-corrected chi connectivity index (χ0v) is 12.4. The lowest BCUT2D eigenvalue weighted by molar-refractivity contribution is -0.129. The lowest BCUT2D eigenvalue weighted by Crippen LogP contribution is -2.36. The number of ether oxygens (including phenoxy) is 1. The van der Waals surface area contributed by atoms with Gasteiger partial charge in [-0.1, -0.05) is 12.8 Å². The summed E-state index contributed by atoms with van der Waals surface area (Å²) in [6, 6.07) is 8.30. The molecule has 1 fully saturated rings. The van der Waals surface area contributed by atoms with Crippen molar-refractivity contribution in [1.82, 2.24) is 4.90 Å². The van der Waals surface area contributed by atoms with Crippen molar-refractivity contribution in [3.05, 3.63) is 24.3 Å². The Balaban J connectivity index is 1.81. The summed E-state index contributed by atoms with van der Waals surface area (Å²) in [5.74, 6) is 1.59. The molecule has 19 heavy (non-hydrogen) atoms. The van der Waals surface area contributed by atoms with Crippen LogP contribution in [0.2, 0.25) is 0 Å². The second-order valence-electron chi connectivity index (χ2n) is 4.91. The average Bonchev–Trinajstić information content (AvgIpc) is 2.98. The minimum atomic E-state index is 0.229. The molecule has 0 unspecified atom stereocenters. The first-order valence-electron chi connectivity index (χ1n) is 6.73. The third-order valence-electron chi connectivity index (χ3n) is 3.69. The fraction of sp³-hybridized carbons (Fsp3) is 0.533. The van der Waals surface area contributed by atoms with Crippen molar-refractivity contribution < 1.29 is 9.53 Å². The van der Waals surface area contributed by atoms with Crippen LogP contribution >= 0.6 is 11.8 Å². The Bertz CT molecular complexity index is 413. The Kier molecular flexibility index (Phi) is 5.14. The van der Waals surface area contributed by atoms with Crippen molar-refractivity contribution >= 4 is 17.7 Å². The van der Waals surface area contributed by atoms with Gasteiger partial charge in [-0.25, -0.2) is 0 Å². The Labute approximate surface area is 119 Å². The second-order valence-corrected chi connectivity index (χ2v) is 5.96. The van der Waals surface area contributed by atoms with Crippen LogP contribution in [0.1, 0.15) is 25.7 Å². The Morgan fingerprint density at radius 1 is 1.32 bits per heavy atom. The van der Waals surface area contributed by atoms with Crippen LogP contribution in [0.15, 0.2) is 29.2 Å². The first kappa shape index (κ1) is 14.3. The summed E-state index contributed by atoms with van der Waals surface area (Å²) in [5, 5.41) is 0. The molecule has 0 aromatic heterocycles. The fourth-order valence-corrected chi connectivity index (χ4v) is 3.24. The van der Waals surface area contributed by atoms with Gasteiger partial charge in [-0.3, -0.25) is 4.79 Å². The van der Waals surface area contributed by atoms with E-state index < -0.39 is 0 Å². The summed E-state index contributed by atoms with van der Waals surface area (Å²) in [6.07, 6.45) is 4.84. The molecule has 2 rings (SSSR count). The van der Waals surface area contributed by atoms with Crippen LogP contribution in [0.3, 0.4) is 0 Å². The number of hydrogen-bond acceptors (Lipinski definition) is 3. The molecule has 1 aliphatic carbocycles. The van der Waals surface area contributed by atoms with Crippen LogP contribution in [0.5, 0.6) is 5.75 Å². The standard InChI is InChI=1S/C15H21NO2S/c1-16(12-5-3-4-6-12)15(17)11-19-14-9-7-13(18-2)8-10-14/h7-10,12H,3-6,11H2,1-2H3. The molecule has 0 saturated heterocycles. The van der Waals surface area contributed by atoms with Crippen molar-refractivity contribution in [2.45, 2.75) is 36.6 Å². The normalized spacial score (nSPS) is 15.5. The van der Waals surface area contributed by atoms with Gasteiger partial charge < -0.3 is 9.64 Å². The number of carbonyl (C=O) groups is 1. The van der Waals surface area contributed by atoms with Crippen LogP contribution < -0.4 is 4.74 Å². The summed E-state index contributed by atoms with van der Waals surface area (Å²) in [6.45, 7) is 0. The number of carbonyl (C=O) groups excluding carboxylic acids is 1. The topological polar surface area (TPSA) is 29.5 Å². The van der Waals surface area contributed by atoms with E-state index in [4.69, 9.17) is 4.74 Å².